The number of halogens is 2. The van der Waals surface area contributed by atoms with Crippen molar-refractivity contribution in [1.82, 2.24) is 9.97 Å². The van der Waals surface area contributed by atoms with Gasteiger partial charge in [0.15, 0.2) is 0 Å². The summed E-state index contributed by atoms with van der Waals surface area (Å²) >= 11 is 5.60. The summed E-state index contributed by atoms with van der Waals surface area (Å²) in [6.07, 6.45) is 2.43. The molecule has 0 saturated heterocycles. The average molecular weight is 434 g/mol. The molecule has 4 nitrogen and oxygen atoms in total. The summed E-state index contributed by atoms with van der Waals surface area (Å²) in [5.41, 5.74) is 1.17. The van der Waals surface area contributed by atoms with Crippen molar-refractivity contribution >= 4 is 44.3 Å². The summed E-state index contributed by atoms with van der Waals surface area (Å²) in [5, 5.41) is 3.28. The Kier molecular flexibility index (Phi) is 5.38. The van der Waals surface area contributed by atoms with Crippen LogP contribution >= 0.6 is 38.5 Å². The van der Waals surface area contributed by atoms with Crippen molar-refractivity contribution in [3.8, 4) is 5.75 Å². The molecule has 1 aromatic heterocycles. The van der Waals surface area contributed by atoms with Gasteiger partial charge in [-0.1, -0.05) is 22.0 Å². The van der Waals surface area contributed by atoms with Crippen LogP contribution in [0.1, 0.15) is 5.56 Å². The number of methoxy groups -OCH3 is 1. The maximum absolute atomic E-state index is 5.36. The van der Waals surface area contributed by atoms with Crippen molar-refractivity contribution in [3.05, 3.63) is 44.3 Å². The van der Waals surface area contributed by atoms with Crippen molar-refractivity contribution in [2.75, 3.05) is 19.0 Å². The Hall–Kier alpha value is -0.890. The molecule has 0 saturated carbocycles. The van der Waals surface area contributed by atoms with E-state index in [1.54, 1.807) is 13.4 Å². The summed E-state index contributed by atoms with van der Waals surface area (Å²) in [6.45, 7) is 0.797. The molecule has 0 aliphatic heterocycles. The highest BCUT2D eigenvalue weighted by molar-refractivity contribution is 14.1. The van der Waals surface area contributed by atoms with E-state index in [4.69, 9.17) is 4.74 Å². The standard InChI is InChI=1S/C13H13BrIN3O/c1-19-11-6-10(14)3-2-9(11)4-5-16-13-7-12(15)17-8-18-13/h2-3,6-8H,4-5H2,1H3,(H,16,17,18). The molecule has 19 heavy (non-hydrogen) atoms. The number of benzene rings is 1. The van der Waals surface area contributed by atoms with Crippen LogP contribution < -0.4 is 10.1 Å². The maximum Gasteiger partial charge on any atom is 0.130 e. The zero-order valence-electron chi connectivity index (χ0n) is 10.4. The number of hydrogen-bond donors (Lipinski definition) is 1. The highest BCUT2D eigenvalue weighted by Crippen LogP contribution is 2.23. The zero-order chi connectivity index (χ0) is 13.7. The van der Waals surface area contributed by atoms with E-state index < -0.39 is 0 Å². The van der Waals surface area contributed by atoms with Crippen molar-refractivity contribution < 1.29 is 4.74 Å². The first-order chi connectivity index (χ1) is 9.19. The Morgan fingerprint density at radius 3 is 2.89 bits per heavy atom. The van der Waals surface area contributed by atoms with Gasteiger partial charge in [-0.15, -0.1) is 0 Å². The quantitative estimate of drug-likeness (QED) is 0.579. The van der Waals surface area contributed by atoms with Gasteiger partial charge < -0.3 is 10.1 Å². The van der Waals surface area contributed by atoms with Gasteiger partial charge in [-0.3, -0.25) is 0 Å². The first-order valence-electron chi connectivity index (χ1n) is 5.73. The van der Waals surface area contributed by atoms with Crippen molar-refractivity contribution in [3.63, 3.8) is 0 Å². The molecule has 2 aromatic rings. The van der Waals surface area contributed by atoms with Gasteiger partial charge in [0.25, 0.3) is 0 Å². The van der Waals surface area contributed by atoms with Crippen LogP contribution in [0.5, 0.6) is 5.75 Å². The molecular formula is C13H13BrIN3O. The lowest BCUT2D eigenvalue weighted by Crippen LogP contribution is -2.07. The molecule has 1 N–H and O–H groups in total. The smallest absolute Gasteiger partial charge is 0.130 e. The molecule has 0 spiro atoms. The molecule has 0 atom stereocenters. The lowest BCUT2D eigenvalue weighted by Gasteiger charge is -2.10. The Labute approximate surface area is 134 Å². The number of hydrogen-bond acceptors (Lipinski definition) is 4. The second kappa shape index (κ2) is 7.04. The molecule has 0 bridgehead atoms. The first kappa shape index (κ1) is 14.5. The van der Waals surface area contributed by atoms with E-state index in [1.165, 1.54) is 5.56 Å². The van der Waals surface area contributed by atoms with Crippen molar-refractivity contribution in [2.45, 2.75) is 6.42 Å². The minimum absolute atomic E-state index is 0.797. The fourth-order valence-electron chi connectivity index (χ4n) is 1.68. The minimum atomic E-state index is 0.797. The fraction of sp³-hybridized carbons (Fsp3) is 0.231. The second-order valence-corrected chi connectivity index (χ2v) is 5.88. The molecule has 0 aliphatic rings. The zero-order valence-corrected chi connectivity index (χ0v) is 14.1. The Morgan fingerprint density at radius 1 is 1.32 bits per heavy atom. The lowest BCUT2D eigenvalue weighted by atomic mass is 10.1. The van der Waals surface area contributed by atoms with E-state index >= 15 is 0 Å². The molecule has 0 fully saturated rings. The van der Waals surface area contributed by atoms with Crippen LogP contribution in [0.3, 0.4) is 0 Å². The van der Waals surface area contributed by atoms with Crippen molar-refractivity contribution in [2.24, 2.45) is 0 Å². The van der Waals surface area contributed by atoms with E-state index in [2.05, 4.69) is 59.9 Å². The molecule has 100 valence electrons. The first-order valence-corrected chi connectivity index (χ1v) is 7.60. The van der Waals surface area contributed by atoms with Gasteiger partial charge in [-0.25, -0.2) is 9.97 Å². The second-order valence-electron chi connectivity index (χ2n) is 3.86. The third-order valence-corrected chi connectivity index (χ3v) is 3.67. The molecule has 0 radical (unpaired) electrons. The molecule has 6 heteroatoms. The highest BCUT2D eigenvalue weighted by atomic mass is 127. The van der Waals surface area contributed by atoms with Crippen LogP contribution in [-0.2, 0) is 6.42 Å². The molecule has 0 amide bonds. The predicted octanol–water partition coefficient (Wildman–Crippen LogP) is 3.51. The number of ether oxygens (including phenoxy) is 1. The number of rotatable bonds is 5. The van der Waals surface area contributed by atoms with Gasteiger partial charge in [0.2, 0.25) is 0 Å². The van der Waals surface area contributed by atoms with Gasteiger partial charge in [0.05, 0.1) is 7.11 Å². The van der Waals surface area contributed by atoms with Gasteiger partial charge in [-0.05, 0) is 46.7 Å². The minimum Gasteiger partial charge on any atom is -0.496 e. The van der Waals surface area contributed by atoms with Crippen molar-refractivity contribution in [1.29, 1.82) is 0 Å². The monoisotopic (exact) mass is 433 g/mol. The third-order valence-electron chi connectivity index (χ3n) is 2.58. The topological polar surface area (TPSA) is 47.0 Å². The number of nitrogens with zero attached hydrogens (tertiary/aromatic N) is 2. The summed E-state index contributed by atoms with van der Waals surface area (Å²) < 4.78 is 7.31. The summed E-state index contributed by atoms with van der Waals surface area (Å²) in [7, 11) is 1.69. The van der Waals surface area contributed by atoms with E-state index in [1.807, 2.05) is 18.2 Å². The van der Waals surface area contributed by atoms with E-state index in [9.17, 15) is 0 Å². The fourth-order valence-corrected chi connectivity index (χ4v) is 2.44. The third kappa shape index (κ3) is 4.31. The SMILES string of the molecule is COc1cc(Br)ccc1CCNc1cc(I)ncn1. The number of aromatic nitrogens is 2. The van der Waals surface area contributed by atoms with Crippen LogP contribution in [0.15, 0.2) is 35.1 Å². The van der Waals surface area contributed by atoms with Crippen LogP contribution in [0.2, 0.25) is 0 Å². The van der Waals surface area contributed by atoms with Crippen LogP contribution in [0, 0.1) is 3.70 Å². The Bertz CT molecular complexity index is 565. The number of nitrogens with one attached hydrogen (secondary N) is 1. The van der Waals surface area contributed by atoms with Crippen LogP contribution in [0.25, 0.3) is 0 Å². The van der Waals surface area contributed by atoms with Crippen LogP contribution in [0.4, 0.5) is 5.82 Å². The van der Waals surface area contributed by atoms with Gasteiger partial charge in [-0.2, -0.15) is 0 Å². The number of anilines is 1. The Morgan fingerprint density at radius 2 is 2.16 bits per heavy atom. The summed E-state index contributed by atoms with van der Waals surface area (Å²) in [6, 6.07) is 7.97. The van der Waals surface area contributed by atoms with E-state index in [0.717, 1.165) is 32.7 Å². The largest absolute Gasteiger partial charge is 0.496 e. The van der Waals surface area contributed by atoms with Gasteiger partial charge in [0, 0.05) is 17.1 Å². The predicted molar refractivity (Wildman–Crippen MR) is 87.6 cm³/mol. The highest BCUT2D eigenvalue weighted by Gasteiger charge is 2.04. The average Bonchev–Trinajstić information content (AvgIpc) is 2.40. The molecule has 2 rings (SSSR count). The summed E-state index contributed by atoms with van der Waals surface area (Å²) in [4.78, 5) is 8.22. The molecule has 1 aromatic carbocycles. The lowest BCUT2D eigenvalue weighted by molar-refractivity contribution is 0.409. The maximum atomic E-state index is 5.36. The molecular weight excluding hydrogens is 421 g/mol. The van der Waals surface area contributed by atoms with E-state index in [-0.39, 0.29) is 0 Å². The molecule has 0 unspecified atom stereocenters. The molecule has 1 heterocycles. The van der Waals surface area contributed by atoms with Crippen LogP contribution in [-0.4, -0.2) is 23.6 Å². The Balaban J connectivity index is 1.96. The summed E-state index contributed by atoms with van der Waals surface area (Å²) in [5.74, 6) is 1.74. The van der Waals surface area contributed by atoms with E-state index in [0.29, 0.717) is 0 Å². The van der Waals surface area contributed by atoms with Gasteiger partial charge in [0.1, 0.15) is 21.6 Å². The van der Waals surface area contributed by atoms with Gasteiger partial charge >= 0.3 is 0 Å². The normalized spacial score (nSPS) is 10.3. The molecule has 0 aliphatic carbocycles.